The van der Waals surface area contributed by atoms with Crippen molar-refractivity contribution in [2.75, 3.05) is 0 Å². The molecule has 1 aromatic heterocycles. The molecule has 0 saturated carbocycles. The molecule has 3 unspecified atom stereocenters. The smallest absolute Gasteiger partial charge is 0.113 e. The molecule has 0 spiro atoms. The maximum absolute atomic E-state index is 6.44. The molecule has 0 amide bonds. The fourth-order valence-corrected chi connectivity index (χ4v) is 4.16. The summed E-state index contributed by atoms with van der Waals surface area (Å²) >= 11 is 1.91. The van der Waals surface area contributed by atoms with Gasteiger partial charge in [-0.1, -0.05) is 31.2 Å². The number of furan rings is 1. The second kappa shape index (κ2) is 5.43. The third-order valence-electron chi connectivity index (χ3n) is 3.89. The van der Waals surface area contributed by atoms with Crippen LogP contribution in [0, 0.1) is 0 Å². The van der Waals surface area contributed by atoms with Gasteiger partial charge in [0.05, 0.1) is 12.0 Å². The Bertz CT molecular complexity index is 537. The zero-order chi connectivity index (χ0) is 13.2. The SMILES string of the molecule is CC1CC(SCc2ccco2)C(N)c2ccccc21. The van der Waals surface area contributed by atoms with Crippen molar-refractivity contribution in [2.45, 2.75) is 36.3 Å². The highest BCUT2D eigenvalue weighted by Gasteiger charge is 2.30. The lowest BCUT2D eigenvalue weighted by molar-refractivity contribution is 0.518. The van der Waals surface area contributed by atoms with Crippen LogP contribution in [0.2, 0.25) is 0 Å². The van der Waals surface area contributed by atoms with Gasteiger partial charge in [0.1, 0.15) is 5.76 Å². The number of thioether (sulfide) groups is 1. The monoisotopic (exact) mass is 273 g/mol. The van der Waals surface area contributed by atoms with Crippen LogP contribution in [0.3, 0.4) is 0 Å². The van der Waals surface area contributed by atoms with E-state index < -0.39 is 0 Å². The topological polar surface area (TPSA) is 39.2 Å². The second-order valence-corrected chi connectivity index (χ2v) is 6.45. The predicted octanol–water partition coefficient (Wildman–Crippen LogP) is 4.09. The fraction of sp³-hybridized carbons (Fsp3) is 0.375. The average molecular weight is 273 g/mol. The van der Waals surface area contributed by atoms with Crippen LogP contribution in [0.1, 0.15) is 42.2 Å². The van der Waals surface area contributed by atoms with Crippen LogP contribution < -0.4 is 5.73 Å². The minimum absolute atomic E-state index is 0.132. The Morgan fingerprint density at radius 1 is 1.21 bits per heavy atom. The summed E-state index contributed by atoms with van der Waals surface area (Å²) < 4.78 is 5.39. The van der Waals surface area contributed by atoms with E-state index in [-0.39, 0.29) is 6.04 Å². The highest BCUT2D eigenvalue weighted by molar-refractivity contribution is 7.99. The van der Waals surface area contributed by atoms with Crippen LogP contribution in [-0.2, 0) is 5.75 Å². The summed E-state index contributed by atoms with van der Waals surface area (Å²) in [5.74, 6) is 2.52. The summed E-state index contributed by atoms with van der Waals surface area (Å²) in [5, 5.41) is 0.468. The molecular weight excluding hydrogens is 254 g/mol. The van der Waals surface area contributed by atoms with Crippen molar-refractivity contribution in [3.63, 3.8) is 0 Å². The third kappa shape index (κ3) is 2.58. The molecule has 2 aromatic rings. The highest BCUT2D eigenvalue weighted by Crippen LogP contribution is 2.42. The van der Waals surface area contributed by atoms with E-state index in [1.807, 2.05) is 23.9 Å². The van der Waals surface area contributed by atoms with Crippen molar-refractivity contribution in [3.05, 3.63) is 59.5 Å². The van der Waals surface area contributed by atoms with Gasteiger partial charge in [0.2, 0.25) is 0 Å². The van der Waals surface area contributed by atoms with Gasteiger partial charge in [-0.25, -0.2) is 0 Å². The van der Waals surface area contributed by atoms with Crippen molar-refractivity contribution >= 4 is 11.8 Å². The minimum Gasteiger partial charge on any atom is -0.468 e. The molecule has 3 rings (SSSR count). The molecule has 0 fully saturated rings. The van der Waals surface area contributed by atoms with Gasteiger partial charge in [0, 0.05) is 11.3 Å². The molecular formula is C16H19NOS. The predicted molar refractivity (Wildman–Crippen MR) is 80.2 cm³/mol. The van der Waals surface area contributed by atoms with E-state index in [9.17, 15) is 0 Å². The van der Waals surface area contributed by atoms with Gasteiger partial charge in [-0.05, 0) is 35.6 Å². The molecule has 2 nitrogen and oxygen atoms in total. The van der Waals surface area contributed by atoms with Crippen LogP contribution in [-0.4, -0.2) is 5.25 Å². The minimum atomic E-state index is 0.132. The van der Waals surface area contributed by atoms with E-state index in [4.69, 9.17) is 10.2 Å². The van der Waals surface area contributed by atoms with Gasteiger partial charge in [-0.3, -0.25) is 0 Å². The van der Waals surface area contributed by atoms with Crippen molar-refractivity contribution in [3.8, 4) is 0 Å². The fourth-order valence-electron chi connectivity index (χ4n) is 2.84. The number of rotatable bonds is 3. The van der Waals surface area contributed by atoms with Crippen LogP contribution in [0.4, 0.5) is 0 Å². The Labute approximate surface area is 118 Å². The maximum atomic E-state index is 6.44. The van der Waals surface area contributed by atoms with E-state index in [2.05, 4.69) is 31.2 Å². The summed E-state index contributed by atoms with van der Waals surface area (Å²) in [6, 6.07) is 12.7. The Kier molecular flexibility index (Phi) is 3.67. The zero-order valence-corrected chi connectivity index (χ0v) is 11.9. The van der Waals surface area contributed by atoms with E-state index in [0.717, 1.165) is 17.9 Å². The molecule has 19 heavy (non-hydrogen) atoms. The molecule has 1 aromatic carbocycles. The molecule has 0 bridgehead atoms. The van der Waals surface area contributed by atoms with Gasteiger partial charge < -0.3 is 10.2 Å². The normalized spacial score (nSPS) is 26.1. The molecule has 1 heterocycles. The molecule has 1 aliphatic rings. The number of hydrogen-bond acceptors (Lipinski definition) is 3. The van der Waals surface area contributed by atoms with E-state index in [0.29, 0.717) is 11.2 Å². The molecule has 0 aliphatic heterocycles. The molecule has 1 aliphatic carbocycles. The van der Waals surface area contributed by atoms with Gasteiger partial charge in [-0.15, -0.1) is 11.8 Å². The summed E-state index contributed by atoms with van der Waals surface area (Å²) in [6.07, 6.45) is 2.87. The standard InChI is InChI=1S/C16H19NOS/c1-11-9-15(19-10-12-5-4-8-18-12)16(17)14-7-3-2-6-13(11)14/h2-8,11,15-16H,9-10,17H2,1H3. The average Bonchev–Trinajstić information content (AvgIpc) is 2.95. The molecule has 100 valence electrons. The molecule has 3 atom stereocenters. The van der Waals surface area contributed by atoms with E-state index in [1.165, 1.54) is 11.1 Å². The first-order valence-corrected chi connectivity index (χ1v) is 7.79. The van der Waals surface area contributed by atoms with Crippen molar-refractivity contribution in [2.24, 2.45) is 5.73 Å². The summed E-state index contributed by atoms with van der Waals surface area (Å²) in [4.78, 5) is 0. The van der Waals surface area contributed by atoms with Crippen LogP contribution in [0.15, 0.2) is 47.1 Å². The summed E-state index contributed by atoms with van der Waals surface area (Å²) in [5.41, 5.74) is 9.18. The first-order valence-electron chi connectivity index (χ1n) is 6.74. The van der Waals surface area contributed by atoms with Crippen molar-refractivity contribution in [1.29, 1.82) is 0 Å². The number of benzene rings is 1. The Morgan fingerprint density at radius 3 is 2.74 bits per heavy atom. The number of fused-ring (bicyclic) bond motifs is 1. The first-order chi connectivity index (χ1) is 9.25. The Balaban J connectivity index is 1.74. The lowest BCUT2D eigenvalue weighted by atomic mass is 9.81. The van der Waals surface area contributed by atoms with Gasteiger partial charge in [-0.2, -0.15) is 0 Å². The van der Waals surface area contributed by atoms with Crippen LogP contribution in [0.5, 0.6) is 0 Å². The quantitative estimate of drug-likeness (QED) is 0.915. The van der Waals surface area contributed by atoms with E-state index >= 15 is 0 Å². The van der Waals surface area contributed by atoms with Crippen molar-refractivity contribution < 1.29 is 4.42 Å². The van der Waals surface area contributed by atoms with Crippen molar-refractivity contribution in [1.82, 2.24) is 0 Å². The van der Waals surface area contributed by atoms with Crippen LogP contribution in [0.25, 0.3) is 0 Å². The molecule has 3 heteroatoms. The maximum Gasteiger partial charge on any atom is 0.113 e. The Hall–Kier alpha value is -1.19. The Morgan fingerprint density at radius 2 is 2.00 bits per heavy atom. The first kappa shape index (κ1) is 12.8. The lowest BCUT2D eigenvalue weighted by Crippen LogP contribution is -2.31. The number of hydrogen-bond donors (Lipinski definition) is 1. The molecule has 2 N–H and O–H groups in total. The summed E-state index contributed by atoms with van der Waals surface area (Å²) in [6.45, 7) is 2.30. The highest BCUT2D eigenvalue weighted by atomic mass is 32.2. The largest absolute Gasteiger partial charge is 0.468 e. The van der Waals surface area contributed by atoms with Gasteiger partial charge in [0.25, 0.3) is 0 Å². The van der Waals surface area contributed by atoms with Gasteiger partial charge >= 0.3 is 0 Å². The molecule has 0 saturated heterocycles. The van der Waals surface area contributed by atoms with Gasteiger partial charge in [0.15, 0.2) is 0 Å². The lowest BCUT2D eigenvalue weighted by Gasteiger charge is -2.34. The summed E-state index contributed by atoms with van der Waals surface area (Å²) in [7, 11) is 0. The van der Waals surface area contributed by atoms with E-state index in [1.54, 1.807) is 6.26 Å². The second-order valence-electron chi connectivity index (χ2n) is 5.22. The number of nitrogens with two attached hydrogens (primary N) is 1. The molecule has 0 radical (unpaired) electrons. The van der Waals surface area contributed by atoms with Crippen LogP contribution >= 0.6 is 11.8 Å². The zero-order valence-electron chi connectivity index (χ0n) is 11.1. The third-order valence-corrected chi connectivity index (χ3v) is 5.26.